The Labute approximate surface area is 90.1 Å². The maximum absolute atomic E-state index is 11.2. The number of esters is 1. The van der Waals surface area contributed by atoms with Crippen LogP contribution in [0.3, 0.4) is 0 Å². The Hall–Kier alpha value is -0.130. The van der Waals surface area contributed by atoms with E-state index < -0.39 is 0 Å². The highest BCUT2D eigenvalue weighted by atomic mass is 32.2. The molecule has 72 valence electrons. The van der Waals surface area contributed by atoms with E-state index in [-0.39, 0.29) is 5.97 Å². The molecule has 0 saturated heterocycles. The summed E-state index contributed by atoms with van der Waals surface area (Å²) in [5.41, 5.74) is 0. The van der Waals surface area contributed by atoms with Gasteiger partial charge in [-0.15, -0.1) is 34.9 Å². The van der Waals surface area contributed by atoms with Gasteiger partial charge >= 0.3 is 5.97 Å². The van der Waals surface area contributed by atoms with Gasteiger partial charge in [-0.1, -0.05) is 0 Å². The van der Waals surface area contributed by atoms with Crippen molar-refractivity contribution in [1.29, 1.82) is 0 Å². The van der Waals surface area contributed by atoms with Crippen molar-refractivity contribution in [3.05, 3.63) is 10.9 Å². The molecular weight excluding hydrogens is 224 g/mol. The largest absolute Gasteiger partial charge is 0.465 e. The summed E-state index contributed by atoms with van der Waals surface area (Å²) in [7, 11) is 1.40. The molecular formula is C8H10O2S3. The number of thiophene rings is 1. The molecule has 0 aromatic carbocycles. The molecule has 0 N–H and O–H groups in total. The Kier molecular flexibility index (Phi) is 4.15. The van der Waals surface area contributed by atoms with Crippen LogP contribution in [0, 0.1) is 0 Å². The van der Waals surface area contributed by atoms with Crippen LogP contribution in [0.1, 0.15) is 9.67 Å². The zero-order valence-electron chi connectivity index (χ0n) is 7.62. The first-order valence-corrected chi connectivity index (χ1v) is 6.79. The van der Waals surface area contributed by atoms with Gasteiger partial charge in [0.1, 0.15) is 4.88 Å². The van der Waals surface area contributed by atoms with E-state index in [1.54, 1.807) is 23.5 Å². The first-order chi connectivity index (χ1) is 6.22. The van der Waals surface area contributed by atoms with Gasteiger partial charge in [0.05, 0.1) is 11.3 Å². The lowest BCUT2D eigenvalue weighted by Gasteiger charge is -1.91. The average molecular weight is 234 g/mol. The average Bonchev–Trinajstić information content (AvgIpc) is 2.59. The van der Waals surface area contributed by atoms with Crippen LogP contribution >= 0.6 is 34.9 Å². The number of carbonyl (C=O) groups is 1. The Morgan fingerprint density at radius 3 is 2.54 bits per heavy atom. The first-order valence-electron chi connectivity index (χ1n) is 3.53. The van der Waals surface area contributed by atoms with E-state index in [9.17, 15) is 4.79 Å². The molecule has 0 aliphatic carbocycles. The van der Waals surface area contributed by atoms with Crippen molar-refractivity contribution in [2.45, 2.75) is 9.10 Å². The predicted octanol–water partition coefficient (Wildman–Crippen LogP) is 2.98. The van der Waals surface area contributed by atoms with Crippen LogP contribution in [0.4, 0.5) is 0 Å². The summed E-state index contributed by atoms with van der Waals surface area (Å²) in [6.45, 7) is 0. The summed E-state index contributed by atoms with van der Waals surface area (Å²) < 4.78 is 5.82. The van der Waals surface area contributed by atoms with Crippen molar-refractivity contribution in [1.82, 2.24) is 0 Å². The van der Waals surface area contributed by atoms with Crippen LogP contribution in [0.25, 0.3) is 0 Å². The Morgan fingerprint density at radius 2 is 2.15 bits per heavy atom. The molecule has 1 aromatic heterocycles. The van der Waals surface area contributed by atoms with Gasteiger partial charge in [-0.3, -0.25) is 0 Å². The fraction of sp³-hybridized carbons (Fsp3) is 0.375. The standard InChI is InChI=1S/C8H10O2S3/c1-10-7(9)5-4-6(11-2)8(12-3)13-5/h4H,1-3H3. The molecule has 5 heteroatoms. The number of carbonyl (C=O) groups excluding carboxylic acids is 1. The van der Waals surface area contributed by atoms with Crippen molar-refractivity contribution in [2.75, 3.05) is 19.6 Å². The topological polar surface area (TPSA) is 26.3 Å². The summed E-state index contributed by atoms with van der Waals surface area (Å²) in [5, 5.41) is 0. The molecule has 0 aliphatic rings. The summed E-state index contributed by atoms with van der Waals surface area (Å²) in [6, 6.07) is 1.88. The van der Waals surface area contributed by atoms with Crippen LogP contribution in [0.15, 0.2) is 15.2 Å². The van der Waals surface area contributed by atoms with Gasteiger partial charge in [-0.25, -0.2) is 4.79 Å². The van der Waals surface area contributed by atoms with Crippen molar-refractivity contribution >= 4 is 40.8 Å². The van der Waals surface area contributed by atoms with E-state index >= 15 is 0 Å². The lowest BCUT2D eigenvalue weighted by Crippen LogP contribution is -1.96. The fourth-order valence-electron chi connectivity index (χ4n) is 0.843. The quantitative estimate of drug-likeness (QED) is 0.593. The van der Waals surface area contributed by atoms with Crippen LogP contribution in [-0.4, -0.2) is 25.6 Å². The first kappa shape index (κ1) is 10.9. The Balaban J connectivity index is 2.99. The molecule has 0 aliphatic heterocycles. The van der Waals surface area contributed by atoms with E-state index in [0.29, 0.717) is 4.88 Å². The third-order valence-electron chi connectivity index (χ3n) is 1.46. The fourth-order valence-corrected chi connectivity index (χ4v) is 3.76. The number of hydrogen-bond donors (Lipinski definition) is 0. The second-order valence-electron chi connectivity index (χ2n) is 2.16. The molecule has 0 amide bonds. The highest BCUT2D eigenvalue weighted by molar-refractivity contribution is 8.03. The molecule has 2 nitrogen and oxygen atoms in total. The van der Waals surface area contributed by atoms with Gasteiger partial charge < -0.3 is 4.74 Å². The van der Waals surface area contributed by atoms with E-state index in [4.69, 9.17) is 0 Å². The van der Waals surface area contributed by atoms with E-state index in [1.165, 1.54) is 22.7 Å². The molecule has 0 spiro atoms. The van der Waals surface area contributed by atoms with Crippen LogP contribution in [0.5, 0.6) is 0 Å². The molecule has 0 fully saturated rings. The number of hydrogen-bond acceptors (Lipinski definition) is 5. The highest BCUT2D eigenvalue weighted by Crippen LogP contribution is 2.36. The summed E-state index contributed by atoms with van der Waals surface area (Å²) in [6.07, 6.45) is 4.01. The predicted molar refractivity (Wildman–Crippen MR) is 59.2 cm³/mol. The molecule has 1 aromatic rings. The van der Waals surface area contributed by atoms with Crippen LogP contribution < -0.4 is 0 Å². The monoisotopic (exact) mass is 234 g/mol. The number of methoxy groups -OCH3 is 1. The van der Waals surface area contributed by atoms with Crippen molar-refractivity contribution < 1.29 is 9.53 Å². The highest BCUT2D eigenvalue weighted by Gasteiger charge is 2.13. The van der Waals surface area contributed by atoms with Crippen molar-refractivity contribution in [3.8, 4) is 0 Å². The van der Waals surface area contributed by atoms with E-state index in [0.717, 1.165) is 4.90 Å². The van der Waals surface area contributed by atoms with Gasteiger partial charge in [-0.2, -0.15) is 0 Å². The van der Waals surface area contributed by atoms with Crippen molar-refractivity contribution in [2.24, 2.45) is 0 Å². The zero-order valence-corrected chi connectivity index (χ0v) is 10.1. The molecule has 0 saturated carbocycles. The minimum Gasteiger partial charge on any atom is -0.465 e. The smallest absolute Gasteiger partial charge is 0.348 e. The molecule has 0 bridgehead atoms. The Morgan fingerprint density at radius 1 is 1.46 bits per heavy atom. The van der Waals surface area contributed by atoms with Crippen LogP contribution in [-0.2, 0) is 4.74 Å². The van der Waals surface area contributed by atoms with E-state index in [1.807, 2.05) is 18.6 Å². The summed E-state index contributed by atoms with van der Waals surface area (Å²) >= 11 is 4.79. The molecule has 0 atom stereocenters. The minimum atomic E-state index is -0.249. The van der Waals surface area contributed by atoms with Crippen LogP contribution in [0.2, 0.25) is 0 Å². The lowest BCUT2D eigenvalue weighted by molar-refractivity contribution is 0.0606. The number of thioether (sulfide) groups is 2. The maximum Gasteiger partial charge on any atom is 0.348 e. The third-order valence-corrected chi connectivity index (χ3v) is 4.73. The number of ether oxygens (including phenoxy) is 1. The van der Waals surface area contributed by atoms with Gasteiger partial charge in [0.15, 0.2) is 0 Å². The SMILES string of the molecule is COC(=O)c1cc(SC)c(SC)s1. The van der Waals surface area contributed by atoms with Gasteiger partial charge in [-0.05, 0) is 18.6 Å². The minimum absolute atomic E-state index is 0.249. The maximum atomic E-state index is 11.2. The second kappa shape index (κ2) is 4.93. The second-order valence-corrected chi connectivity index (χ2v) is 5.14. The Bertz CT molecular complexity index is 285. The zero-order chi connectivity index (χ0) is 9.84. The van der Waals surface area contributed by atoms with Gasteiger partial charge in [0.2, 0.25) is 0 Å². The number of rotatable bonds is 3. The molecule has 1 rings (SSSR count). The van der Waals surface area contributed by atoms with Crippen molar-refractivity contribution in [3.63, 3.8) is 0 Å². The lowest BCUT2D eigenvalue weighted by atomic mass is 10.5. The third kappa shape index (κ3) is 2.42. The van der Waals surface area contributed by atoms with Gasteiger partial charge in [0, 0.05) is 4.90 Å². The molecule has 13 heavy (non-hydrogen) atoms. The normalized spacial score (nSPS) is 10.1. The molecule has 0 radical (unpaired) electrons. The van der Waals surface area contributed by atoms with E-state index in [2.05, 4.69) is 4.74 Å². The summed E-state index contributed by atoms with van der Waals surface area (Å²) in [5.74, 6) is -0.249. The molecule has 1 heterocycles. The van der Waals surface area contributed by atoms with Gasteiger partial charge in [0.25, 0.3) is 0 Å². The molecule has 0 unspecified atom stereocenters. The summed E-state index contributed by atoms with van der Waals surface area (Å²) in [4.78, 5) is 13.0.